The van der Waals surface area contributed by atoms with Gasteiger partial charge in [0.05, 0.1) is 26.5 Å². The van der Waals surface area contributed by atoms with Crippen LogP contribution < -0.4 is 9.30 Å². The second-order valence-electron chi connectivity index (χ2n) is 6.46. The molecule has 0 unspecified atom stereocenters. The molecule has 0 N–H and O–H groups in total. The van der Waals surface area contributed by atoms with Crippen molar-refractivity contribution in [2.24, 2.45) is 7.05 Å². The fourth-order valence-electron chi connectivity index (χ4n) is 2.75. The number of aryl methyl sites for hydroxylation is 2. The minimum atomic E-state index is -0.0589. The summed E-state index contributed by atoms with van der Waals surface area (Å²) in [6.07, 6.45) is 14.2. The van der Waals surface area contributed by atoms with Crippen molar-refractivity contribution in [3.63, 3.8) is 0 Å². The summed E-state index contributed by atoms with van der Waals surface area (Å²) in [6.45, 7) is 1.72. The normalized spacial score (nSPS) is 11.1. The predicted octanol–water partition coefficient (Wildman–Crippen LogP) is 4.05. The van der Waals surface area contributed by atoms with E-state index in [2.05, 4.69) is 17.1 Å². The van der Waals surface area contributed by atoms with E-state index in [1.165, 1.54) is 6.08 Å². The van der Waals surface area contributed by atoms with E-state index in [0.29, 0.717) is 17.9 Å². The Morgan fingerprint density at radius 2 is 2.04 bits per heavy atom. The number of nitrogens with zero attached hydrogens (tertiary/aromatic N) is 2. The van der Waals surface area contributed by atoms with Crippen LogP contribution in [0.25, 0.3) is 6.08 Å². The number of aromatic nitrogens is 2. The van der Waals surface area contributed by atoms with Crippen LogP contribution in [-0.2, 0) is 13.6 Å². The van der Waals surface area contributed by atoms with E-state index in [9.17, 15) is 4.79 Å². The van der Waals surface area contributed by atoms with Crippen LogP contribution in [0.3, 0.4) is 0 Å². The van der Waals surface area contributed by atoms with E-state index in [0.717, 1.165) is 31.6 Å². The Morgan fingerprint density at radius 1 is 1.19 bits per heavy atom. The number of furan rings is 1. The fourth-order valence-corrected chi connectivity index (χ4v) is 2.75. The van der Waals surface area contributed by atoms with E-state index in [4.69, 9.17) is 9.15 Å². The number of hydrogen-bond donors (Lipinski definition) is 0. The molecule has 0 amide bonds. The van der Waals surface area contributed by atoms with E-state index in [-0.39, 0.29) is 5.78 Å². The summed E-state index contributed by atoms with van der Waals surface area (Å²) in [6, 6.07) is 10.9. The van der Waals surface area contributed by atoms with Crippen LogP contribution in [0.15, 0.2) is 71.9 Å². The number of unbranched alkanes of at least 4 members (excludes halogenated alkanes) is 2. The molecule has 140 valence electrons. The molecule has 3 aromatic rings. The molecule has 0 spiro atoms. The van der Waals surface area contributed by atoms with E-state index in [1.807, 2.05) is 29.9 Å². The zero-order chi connectivity index (χ0) is 18.9. The Kier molecular flexibility index (Phi) is 6.63. The molecule has 0 saturated heterocycles. The predicted molar refractivity (Wildman–Crippen MR) is 103 cm³/mol. The first-order chi connectivity index (χ1) is 13.2. The smallest absolute Gasteiger partial charge is 0.243 e. The molecular weight excluding hydrogens is 340 g/mol. The lowest BCUT2D eigenvalue weighted by molar-refractivity contribution is -0.671. The molecular formula is C22H25N2O3+. The van der Waals surface area contributed by atoms with Gasteiger partial charge < -0.3 is 9.15 Å². The van der Waals surface area contributed by atoms with Crippen molar-refractivity contribution in [3.8, 4) is 5.75 Å². The monoisotopic (exact) mass is 365 g/mol. The highest BCUT2D eigenvalue weighted by Crippen LogP contribution is 2.14. The van der Waals surface area contributed by atoms with Gasteiger partial charge in [0.1, 0.15) is 23.9 Å². The van der Waals surface area contributed by atoms with Crippen LogP contribution in [0.1, 0.15) is 35.4 Å². The first-order valence-electron chi connectivity index (χ1n) is 9.20. The van der Waals surface area contributed by atoms with Gasteiger partial charge in [-0.3, -0.25) is 4.79 Å². The quantitative estimate of drug-likeness (QED) is 0.236. The van der Waals surface area contributed by atoms with Crippen molar-refractivity contribution < 1.29 is 18.5 Å². The van der Waals surface area contributed by atoms with Crippen molar-refractivity contribution in [2.45, 2.75) is 25.8 Å². The van der Waals surface area contributed by atoms with Crippen LogP contribution in [0.2, 0.25) is 0 Å². The highest BCUT2D eigenvalue weighted by molar-refractivity contribution is 6.06. The van der Waals surface area contributed by atoms with Gasteiger partial charge in [0, 0.05) is 5.56 Å². The molecule has 0 aliphatic rings. The summed E-state index contributed by atoms with van der Waals surface area (Å²) in [5.41, 5.74) is 0.630. The average Bonchev–Trinajstić information content (AvgIpc) is 3.35. The maximum atomic E-state index is 12.1. The molecule has 0 fully saturated rings. The number of hydrogen-bond acceptors (Lipinski definition) is 3. The number of carbonyl (C=O) groups is 1. The molecule has 0 aliphatic heterocycles. The van der Waals surface area contributed by atoms with Crippen molar-refractivity contribution in [3.05, 3.63) is 78.8 Å². The average molecular weight is 365 g/mol. The Balaban J connectivity index is 1.35. The molecule has 2 aromatic heterocycles. The Labute approximate surface area is 159 Å². The lowest BCUT2D eigenvalue weighted by atomic mass is 10.1. The summed E-state index contributed by atoms with van der Waals surface area (Å²) < 4.78 is 15.2. The topological polar surface area (TPSA) is 48.2 Å². The Morgan fingerprint density at radius 3 is 2.74 bits per heavy atom. The molecule has 0 saturated carbocycles. The minimum Gasteiger partial charge on any atom is -0.494 e. The summed E-state index contributed by atoms with van der Waals surface area (Å²) in [7, 11) is 2.03. The number of allylic oxidation sites excluding steroid dienone is 1. The third-order valence-electron chi connectivity index (χ3n) is 4.23. The second-order valence-corrected chi connectivity index (χ2v) is 6.46. The van der Waals surface area contributed by atoms with Crippen molar-refractivity contribution in [2.75, 3.05) is 6.61 Å². The highest BCUT2D eigenvalue weighted by Gasteiger charge is 2.03. The van der Waals surface area contributed by atoms with Gasteiger partial charge in [-0.2, -0.15) is 0 Å². The Bertz CT molecular complexity index is 861. The highest BCUT2D eigenvalue weighted by atomic mass is 16.5. The summed E-state index contributed by atoms with van der Waals surface area (Å²) in [5, 5.41) is 0. The zero-order valence-electron chi connectivity index (χ0n) is 15.6. The maximum Gasteiger partial charge on any atom is 0.243 e. The largest absolute Gasteiger partial charge is 0.494 e. The molecule has 5 heteroatoms. The lowest BCUT2D eigenvalue weighted by Gasteiger charge is -2.06. The van der Waals surface area contributed by atoms with E-state index >= 15 is 0 Å². The molecule has 0 atom stereocenters. The maximum absolute atomic E-state index is 12.1. The summed E-state index contributed by atoms with van der Waals surface area (Å²) in [5.74, 6) is 1.39. The van der Waals surface area contributed by atoms with Crippen LogP contribution >= 0.6 is 0 Å². The first kappa shape index (κ1) is 18.7. The fraction of sp³-hybridized carbons (Fsp3) is 0.273. The molecule has 5 nitrogen and oxygen atoms in total. The van der Waals surface area contributed by atoms with Gasteiger partial charge in [-0.25, -0.2) is 9.13 Å². The number of ketones is 1. The van der Waals surface area contributed by atoms with Gasteiger partial charge >= 0.3 is 0 Å². The third kappa shape index (κ3) is 5.99. The minimum absolute atomic E-state index is 0.0589. The summed E-state index contributed by atoms with van der Waals surface area (Å²) >= 11 is 0. The molecule has 1 aromatic carbocycles. The molecule has 3 rings (SSSR count). The molecule has 0 radical (unpaired) electrons. The SMILES string of the molecule is C[n+]1ccn(CCCCCOc2ccc(C(=O)/C=C/c3ccco3)cc2)c1. The number of imidazole rings is 1. The number of benzene rings is 1. The van der Waals surface area contributed by atoms with Crippen molar-refractivity contribution >= 4 is 11.9 Å². The van der Waals surface area contributed by atoms with Gasteiger partial charge in [-0.1, -0.05) is 0 Å². The third-order valence-corrected chi connectivity index (χ3v) is 4.23. The van der Waals surface area contributed by atoms with Crippen LogP contribution in [0.5, 0.6) is 5.75 Å². The van der Waals surface area contributed by atoms with Crippen LogP contribution in [0, 0.1) is 0 Å². The molecule has 0 aliphatic carbocycles. The summed E-state index contributed by atoms with van der Waals surface area (Å²) in [4.78, 5) is 12.1. The number of rotatable bonds is 10. The van der Waals surface area contributed by atoms with Gasteiger partial charge in [0.2, 0.25) is 6.33 Å². The number of carbonyl (C=O) groups excluding carboxylic acids is 1. The molecule has 2 heterocycles. The van der Waals surface area contributed by atoms with Crippen molar-refractivity contribution in [1.82, 2.24) is 4.57 Å². The van der Waals surface area contributed by atoms with Crippen LogP contribution in [-0.4, -0.2) is 17.0 Å². The van der Waals surface area contributed by atoms with Gasteiger partial charge in [-0.15, -0.1) is 0 Å². The number of ether oxygens (including phenoxy) is 1. The zero-order valence-corrected chi connectivity index (χ0v) is 15.6. The van der Waals surface area contributed by atoms with Crippen molar-refractivity contribution in [1.29, 1.82) is 0 Å². The Hall–Kier alpha value is -3.08. The van der Waals surface area contributed by atoms with E-state index in [1.54, 1.807) is 36.6 Å². The van der Waals surface area contributed by atoms with Crippen LogP contribution in [0.4, 0.5) is 0 Å². The lowest BCUT2D eigenvalue weighted by Crippen LogP contribution is -2.23. The van der Waals surface area contributed by atoms with Gasteiger partial charge in [0.25, 0.3) is 0 Å². The van der Waals surface area contributed by atoms with E-state index < -0.39 is 0 Å². The van der Waals surface area contributed by atoms with Gasteiger partial charge in [-0.05, 0) is 67.8 Å². The first-order valence-corrected chi connectivity index (χ1v) is 9.20. The standard InChI is InChI=1S/C22H25N2O3/c1-23-14-15-24(18-23)13-3-2-4-16-26-21-9-7-19(8-10-21)22(25)12-11-20-6-5-17-27-20/h5-12,14-15,17-18H,2-4,13,16H2,1H3/q+1/b12-11+. The second kappa shape index (κ2) is 9.57. The molecule has 27 heavy (non-hydrogen) atoms. The van der Waals surface area contributed by atoms with Gasteiger partial charge in [0.15, 0.2) is 5.78 Å². The molecule has 0 bridgehead atoms.